The van der Waals surface area contributed by atoms with Gasteiger partial charge in [0, 0.05) is 36.6 Å². The summed E-state index contributed by atoms with van der Waals surface area (Å²) in [5, 5.41) is 0.305. The predicted molar refractivity (Wildman–Crippen MR) is 115 cm³/mol. The first-order valence-corrected chi connectivity index (χ1v) is 10.6. The first kappa shape index (κ1) is 21.6. The van der Waals surface area contributed by atoms with E-state index in [0.717, 1.165) is 11.3 Å². The van der Waals surface area contributed by atoms with E-state index in [2.05, 4.69) is 15.0 Å². The molecule has 1 aliphatic carbocycles. The van der Waals surface area contributed by atoms with Gasteiger partial charge in [-0.3, -0.25) is 4.98 Å². The van der Waals surface area contributed by atoms with Crippen LogP contribution in [0.3, 0.4) is 0 Å². The molecule has 31 heavy (non-hydrogen) atoms. The van der Waals surface area contributed by atoms with Crippen molar-refractivity contribution in [3.05, 3.63) is 58.8 Å². The van der Waals surface area contributed by atoms with Gasteiger partial charge in [0.2, 0.25) is 5.92 Å². The van der Waals surface area contributed by atoms with Crippen molar-refractivity contribution >= 4 is 11.6 Å². The summed E-state index contributed by atoms with van der Waals surface area (Å²) >= 11 is 6.39. The monoisotopic (exact) mass is 447 g/mol. The van der Waals surface area contributed by atoms with Gasteiger partial charge >= 0.3 is 0 Å². The molecule has 0 spiro atoms. The molecule has 0 radical (unpaired) electrons. The van der Waals surface area contributed by atoms with Gasteiger partial charge in [-0.1, -0.05) is 17.7 Å². The van der Waals surface area contributed by atoms with Crippen LogP contribution in [0.4, 0.5) is 8.78 Å². The van der Waals surface area contributed by atoms with Crippen LogP contribution in [0.2, 0.25) is 5.15 Å². The highest BCUT2D eigenvalue weighted by molar-refractivity contribution is 6.32. The van der Waals surface area contributed by atoms with Crippen molar-refractivity contribution in [2.75, 3.05) is 7.11 Å². The van der Waals surface area contributed by atoms with E-state index in [1.54, 1.807) is 31.5 Å². The lowest BCUT2D eigenvalue weighted by Gasteiger charge is -2.27. The Bertz CT molecular complexity index is 1050. The minimum absolute atomic E-state index is 0.0712. The second kappa shape index (κ2) is 8.83. The van der Waals surface area contributed by atoms with Crippen molar-refractivity contribution in [1.29, 1.82) is 0 Å². The number of benzene rings is 1. The third-order valence-corrected chi connectivity index (χ3v) is 5.77. The Morgan fingerprint density at radius 3 is 2.81 bits per heavy atom. The summed E-state index contributed by atoms with van der Waals surface area (Å²) in [5.41, 5.74) is 3.05. The maximum Gasteiger partial charge on any atom is 0.248 e. The van der Waals surface area contributed by atoms with Crippen molar-refractivity contribution in [2.24, 2.45) is 0 Å². The van der Waals surface area contributed by atoms with Crippen LogP contribution in [-0.2, 0) is 6.61 Å². The van der Waals surface area contributed by atoms with Crippen LogP contribution in [0.5, 0.6) is 11.5 Å². The molecule has 8 heteroatoms. The minimum atomic E-state index is -2.66. The highest BCUT2D eigenvalue weighted by atomic mass is 35.5. The van der Waals surface area contributed by atoms with E-state index in [1.165, 1.54) is 0 Å². The fourth-order valence-corrected chi connectivity index (χ4v) is 4.08. The fraction of sp³-hybridized carbons (Fsp3) is 0.391. The molecule has 0 aliphatic heterocycles. The molecule has 5 nitrogen and oxygen atoms in total. The average Bonchev–Trinajstić information content (AvgIpc) is 3.14. The van der Waals surface area contributed by atoms with Gasteiger partial charge in [-0.15, -0.1) is 0 Å². The number of alkyl halides is 2. The molecule has 4 rings (SSSR count). The van der Waals surface area contributed by atoms with E-state index in [-0.39, 0.29) is 18.8 Å². The highest BCUT2D eigenvalue weighted by Gasteiger charge is 2.38. The molecular formula is C23H24ClF2N3O2. The molecule has 3 aromatic rings. The number of aromatic nitrogens is 3. The van der Waals surface area contributed by atoms with Gasteiger partial charge in [-0.05, 0) is 43.5 Å². The lowest BCUT2D eigenvalue weighted by Crippen LogP contribution is -2.25. The van der Waals surface area contributed by atoms with E-state index < -0.39 is 5.92 Å². The van der Waals surface area contributed by atoms with Gasteiger partial charge in [0.1, 0.15) is 34.8 Å². The quantitative estimate of drug-likeness (QED) is 0.480. The van der Waals surface area contributed by atoms with Crippen LogP contribution in [0.25, 0.3) is 11.3 Å². The number of aryl methyl sites for hydroxylation is 1. The fourth-order valence-electron chi connectivity index (χ4n) is 3.84. The lowest BCUT2D eigenvalue weighted by atomic mass is 9.86. The average molecular weight is 448 g/mol. The number of rotatable bonds is 6. The van der Waals surface area contributed by atoms with Gasteiger partial charge < -0.3 is 14.5 Å². The molecule has 164 valence electrons. The molecule has 1 aromatic carbocycles. The maximum absolute atomic E-state index is 13.8. The smallest absolute Gasteiger partial charge is 0.248 e. The number of nitrogens with one attached hydrogen (secondary N) is 1. The van der Waals surface area contributed by atoms with E-state index in [0.29, 0.717) is 53.2 Å². The van der Waals surface area contributed by atoms with Crippen LogP contribution < -0.4 is 9.47 Å². The molecule has 2 heterocycles. The number of H-pyrrole nitrogens is 1. The number of nitrogens with zero attached hydrogens (tertiary/aromatic N) is 2. The van der Waals surface area contributed by atoms with Crippen molar-refractivity contribution in [3.8, 4) is 22.8 Å². The number of aromatic amines is 1. The molecule has 0 saturated heterocycles. The Labute approximate surface area is 184 Å². The number of halogens is 3. The second-order valence-electron chi connectivity index (χ2n) is 7.91. The summed E-state index contributed by atoms with van der Waals surface area (Å²) < 4.78 is 39.0. The molecule has 1 aliphatic rings. The minimum Gasteiger partial charge on any atom is -0.496 e. The molecule has 1 fully saturated rings. The molecule has 1 unspecified atom stereocenters. The van der Waals surface area contributed by atoms with Gasteiger partial charge in [0.05, 0.1) is 12.8 Å². The molecule has 1 N–H and O–H groups in total. The van der Waals surface area contributed by atoms with Crippen molar-refractivity contribution in [3.63, 3.8) is 0 Å². The summed E-state index contributed by atoms with van der Waals surface area (Å²) in [6.45, 7) is 2.30. The van der Waals surface area contributed by atoms with E-state index >= 15 is 0 Å². The number of hydrogen-bond acceptors (Lipinski definition) is 4. The maximum atomic E-state index is 13.8. The van der Waals surface area contributed by atoms with Gasteiger partial charge in [0.15, 0.2) is 0 Å². The summed E-state index contributed by atoms with van der Waals surface area (Å²) in [4.78, 5) is 11.9. The Hall–Kier alpha value is -2.67. The lowest BCUT2D eigenvalue weighted by molar-refractivity contribution is -0.0416. The predicted octanol–water partition coefficient (Wildman–Crippen LogP) is 6.31. The van der Waals surface area contributed by atoms with Gasteiger partial charge in [-0.2, -0.15) is 0 Å². The Balaban J connectivity index is 1.54. The molecule has 0 amide bonds. The normalized spacial score (nSPS) is 18.0. The van der Waals surface area contributed by atoms with E-state index in [4.69, 9.17) is 21.1 Å². The topological polar surface area (TPSA) is 60.0 Å². The molecule has 2 aromatic heterocycles. The molecule has 0 bridgehead atoms. The van der Waals surface area contributed by atoms with Gasteiger partial charge in [0.25, 0.3) is 0 Å². The Kier molecular flexibility index (Phi) is 6.14. The zero-order valence-electron chi connectivity index (χ0n) is 17.4. The third kappa shape index (κ3) is 4.98. The Morgan fingerprint density at radius 1 is 1.26 bits per heavy atom. The first-order chi connectivity index (χ1) is 14.8. The summed E-state index contributed by atoms with van der Waals surface area (Å²) in [5.74, 6) is -1.37. The molecule has 1 atom stereocenters. The number of ether oxygens (including phenoxy) is 2. The van der Waals surface area contributed by atoms with E-state index in [1.807, 2.05) is 19.1 Å². The summed E-state index contributed by atoms with van der Waals surface area (Å²) in [7, 11) is 1.55. The zero-order chi connectivity index (χ0) is 22.0. The van der Waals surface area contributed by atoms with Crippen LogP contribution in [0, 0.1) is 6.92 Å². The third-order valence-electron chi connectivity index (χ3n) is 5.49. The van der Waals surface area contributed by atoms with Crippen LogP contribution in [0.1, 0.15) is 48.7 Å². The highest BCUT2D eigenvalue weighted by Crippen LogP contribution is 2.43. The summed E-state index contributed by atoms with van der Waals surface area (Å²) in [6, 6.07) is 9.25. The second-order valence-corrected chi connectivity index (χ2v) is 8.29. The van der Waals surface area contributed by atoms with Gasteiger partial charge in [-0.25, -0.2) is 13.8 Å². The van der Waals surface area contributed by atoms with Crippen LogP contribution >= 0.6 is 11.6 Å². The molecule has 1 saturated carbocycles. The SMILES string of the molecule is COc1cc(OCc2ccc(C)cn2)ccc1-c1nc(C2CCCC(F)(F)C2)[nH]c1Cl. The number of hydrogen-bond donors (Lipinski definition) is 1. The van der Waals surface area contributed by atoms with Crippen LogP contribution in [0.15, 0.2) is 36.5 Å². The largest absolute Gasteiger partial charge is 0.496 e. The summed E-state index contributed by atoms with van der Waals surface area (Å²) in [6.07, 6.45) is 2.64. The molecular weight excluding hydrogens is 424 g/mol. The standard InChI is InChI=1S/C23H24ClF2N3O2/c1-14-5-6-16(27-12-14)13-31-17-7-8-18(19(10-17)30-2)20-21(24)29-22(28-20)15-4-3-9-23(25,26)11-15/h5-8,10,12,15H,3-4,9,11,13H2,1-2H3,(H,28,29). The number of pyridine rings is 1. The van der Waals surface area contributed by atoms with Crippen LogP contribution in [-0.4, -0.2) is 28.0 Å². The van der Waals surface area contributed by atoms with Crippen molar-refractivity contribution in [1.82, 2.24) is 15.0 Å². The Morgan fingerprint density at radius 2 is 2.10 bits per heavy atom. The van der Waals surface area contributed by atoms with E-state index in [9.17, 15) is 8.78 Å². The zero-order valence-corrected chi connectivity index (χ0v) is 18.2. The van der Waals surface area contributed by atoms with Crippen molar-refractivity contribution in [2.45, 2.75) is 51.1 Å². The number of methoxy groups -OCH3 is 1. The number of imidazole rings is 1. The van der Waals surface area contributed by atoms with Crippen molar-refractivity contribution < 1.29 is 18.3 Å². The first-order valence-electron chi connectivity index (χ1n) is 10.2.